The van der Waals surface area contributed by atoms with Crippen molar-refractivity contribution in [2.75, 3.05) is 26.9 Å². The Labute approximate surface area is 120 Å². The van der Waals surface area contributed by atoms with Crippen LogP contribution in [-0.2, 0) is 16.0 Å². The number of hydrogen-bond acceptors (Lipinski definition) is 3. The molecule has 1 atom stereocenters. The molecule has 2 rings (SSSR count). The molecule has 0 unspecified atom stereocenters. The van der Waals surface area contributed by atoms with Crippen LogP contribution < -0.4 is 10.1 Å². The monoisotopic (exact) mass is 277 g/mol. The third kappa shape index (κ3) is 4.85. The van der Waals surface area contributed by atoms with E-state index >= 15 is 0 Å². The summed E-state index contributed by atoms with van der Waals surface area (Å²) in [6, 6.07) is 7.61. The molecule has 4 nitrogen and oxygen atoms in total. The minimum absolute atomic E-state index is 0.0813. The predicted molar refractivity (Wildman–Crippen MR) is 77.9 cm³/mol. The third-order valence-corrected chi connectivity index (χ3v) is 3.66. The van der Waals surface area contributed by atoms with Gasteiger partial charge in [0.05, 0.1) is 13.5 Å². The number of ether oxygens (including phenoxy) is 2. The molecule has 20 heavy (non-hydrogen) atoms. The SMILES string of the molecule is COc1ccc(CC(=O)NCCC[C@@H]2CCOC2)cc1. The molecule has 0 bridgehead atoms. The van der Waals surface area contributed by atoms with E-state index in [1.807, 2.05) is 24.3 Å². The Kier molecular flexibility index (Phi) is 5.87. The van der Waals surface area contributed by atoms with Gasteiger partial charge in [-0.15, -0.1) is 0 Å². The fourth-order valence-corrected chi connectivity index (χ4v) is 2.42. The lowest BCUT2D eigenvalue weighted by Gasteiger charge is -2.08. The molecule has 1 aliphatic heterocycles. The van der Waals surface area contributed by atoms with E-state index < -0.39 is 0 Å². The Morgan fingerprint density at radius 2 is 2.20 bits per heavy atom. The first kappa shape index (κ1) is 14.9. The molecule has 1 fully saturated rings. The van der Waals surface area contributed by atoms with Gasteiger partial charge in [0.1, 0.15) is 5.75 Å². The maximum atomic E-state index is 11.8. The van der Waals surface area contributed by atoms with E-state index in [1.165, 1.54) is 6.42 Å². The van der Waals surface area contributed by atoms with Crippen LogP contribution >= 0.6 is 0 Å². The van der Waals surface area contributed by atoms with E-state index in [0.29, 0.717) is 12.3 Å². The van der Waals surface area contributed by atoms with Crippen LogP contribution in [0.1, 0.15) is 24.8 Å². The summed E-state index contributed by atoms with van der Waals surface area (Å²) >= 11 is 0. The number of hydrogen-bond donors (Lipinski definition) is 1. The zero-order valence-corrected chi connectivity index (χ0v) is 12.1. The third-order valence-electron chi connectivity index (χ3n) is 3.66. The molecule has 0 aromatic heterocycles. The predicted octanol–water partition coefficient (Wildman–Crippen LogP) is 2.17. The Balaban J connectivity index is 1.61. The van der Waals surface area contributed by atoms with Gasteiger partial charge in [-0.25, -0.2) is 0 Å². The van der Waals surface area contributed by atoms with Gasteiger partial charge >= 0.3 is 0 Å². The molecule has 1 aliphatic rings. The van der Waals surface area contributed by atoms with Crippen LogP contribution in [0.15, 0.2) is 24.3 Å². The minimum Gasteiger partial charge on any atom is -0.497 e. The van der Waals surface area contributed by atoms with Crippen molar-refractivity contribution in [3.8, 4) is 5.75 Å². The number of rotatable bonds is 7. The van der Waals surface area contributed by atoms with Crippen LogP contribution in [0, 0.1) is 5.92 Å². The van der Waals surface area contributed by atoms with Gasteiger partial charge < -0.3 is 14.8 Å². The lowest BCUT2D eigenvalue weighted by atomic mass is 10.0. The van der Waals surface area contributed by atoms with Crippen LogP contribution in [-0.4, -0.2) is 32.8 Å². The van der Waals surface area contributed by atoms with Crippen molar-refractivity contribution < 1.29 is 14.3 Å². The Bertz CT molecular complexity index is 410. The number of benzene rings is 1. The van der Waals surface area contributed by atoms with Crippen LogP contribution in [0.5, 0.6) is 5.75 Å². The first-order valence-electron chi connectivity index (χ1n) is 7.25. The molecule has 1 saturated heterocycles. The highest BCUT2D eigenvalue weighted by molar-refractivity contribution is 5.78. The van der Waals surface area contributed by atoms with E-state index in [2.05, 4.69) is 5.32 Å². The average molecular weight is 277 g/mol. The Morgan fingerprint density at radius 3 is 2.85 bits per heavy atom. The van der Waals surface area contributed by atoms with E-state index in [4.69, 9.17) is 9.47 Å². The summed E-state index contributed by atoms with van der Waals surface area (Å²) in [5, 5.41) is 2.97. The van der Waals surface area contributed by atoms with E-state index in [1.54, 1.807) is 7.11 Å². The smallest absolute Gasteiger partial charge is 0.224 e. The van der Waals surface area contributed by atoms with Crippen LogP contribution in [0.2, 0.25) is 0 Å². The maximum absolute atomic E-state index is 11.8. The summed E-state index contributed by atoms with van der Waals surface area (Å²) in [6.07, 6.45) is 3.77. The molecular weight excluding hydrogens is 254 g/mol. The highest BCUT2D eigenvalue weighted by Crippen LogP contribution is 2.17. The summed E-state index contributed by atoms with van der Waals surface area (Å²) in [4.78, 5) is 11.8. The Morgan fingerprint density at radius 1 is 1.40 bits per heavy atom. The first-order chi connectivity index (χ1) is 9.78. The molecule has 1 aromatic rings. The van der Waals surface area contributed by atoms with E-state index in [9.17, 15) is 4.79 Å². The molecule has 110 valence electrons. The number of carbonyl (C=O) groups excluding carboxylic acids is 1. The van der Waals surface area contributed by atoms with Gasteiger partial charge in [0.2, 0.25) is 5.91 Å². The molecule has 0 spiro atoms. The number of carbonyl (C=O) groups is 1. The van der Waals surface area contributed by atoms with Crippen LogP contribution in [0.25, 0.3) is 0 Å². The molecule has 1 heterocycles. The maximum Gasteiger partial charge on any atom is 0.224 e. The van der Waals surface area contributed by atoms with Gasteiger partial charge in [0.25, 0.3) is 0 Å². The van der Waals surface area contributed by atoms with Crippen molar-refractivity contribution in [1.82, 2.24) is 5.32 Å². The van der Waals surface area contributed by atoms with Crippen molar-refractivity contribution in [3.05, 3.63) is 29.8 Å². The number of nitrogens with one attached hydrogen (secondary N) is 1. The average Bonchev–Trinajstić information content (AvgIpc) is 2.98. The normalized spacial score (nSPS) is 17.9. The van der Waals surface area contributed by atoms with Gasteiger partial charge in [-0.3, -0.25) is 4.79 Å². The Hall–Kier alpha value is -1.55. The van der Waals surface area contributed by atoms with Crippen molar-refractivity contribution in [2.45, 2.75) is 25.7 Å². The second kappa shape index (κ2) is 7.90. The second-order valence-corrected chi connectivity index (χ2v) is 5.25. The quantitative estimate of drug-likeness (QED) is 0.777. The molecule has 1 N–H and O–H groups in total. The van der Waals surface area contributed by atoms with Gasteiger partial charge in [0.15, 0.2) is 0 Å². The van der Waals surface area contributed by atoms with Gasteiger partial charge in [-0.05, 0) is 42.9 Å². The molecular formula is C16H23NO3. The molecule has 1 amide bonds. The zero-order chi connectivity index (χ0) is 14.2. The first-order valence-corrected chi connectivity index (χ1v) is 7.25. The summed E-state index contributed by atoms with van der Waals surface area (Å²) in [6.45, 7) is 2.54. The van der Waals surface area contributed by atoms with Crippen LogP contribution in [0.3, 0.4) is 0 Å². The number of amides is 1. The van der Waals surface area contributed by atoms with Crippen molar-refractivity contribution >= 4 is 5.91 Å². The van der Waals surface area contributed by atoms with Crippen LogP contribution in [0.4, 0.5) is 0 Å². The molecule has 0 aliphatic carbocycles. The summed E-state index contributed by atoms with van der Waals surface area (Å²) in [5.74, 6) is 1.58. The highest BCUT2D eigenvalue weighted by Gasteiger charge is 2.14. The minimum atomic E-state index is 0.0813. The zero-order valence-electron chi connectivity index (χ0n) is 12.1. The van der Waals surface area contributed by atoms with Gasteiger partial charge in [-0.1, -0.05) is 12.1 Å². The molecule has 0 saturated carbocycles. The lowest BCUT2D eigenvalue weighted by Crippen LogP contribution is -2.26. The summed E-state index contributed by atoms with van der Waals surface area (Å²) < 4.78 is 10.4. The largest absolute Gasteiger partial charge is 0.497 e. The summed E-state index contributed by atoms with van der Waals surface area (Å²) in [7, 11) is 1.64. The van der Waals surface area contributed by atoms with Crippen molar-refractivity contribution in [2.24, 2.45) is 5.92 Å². The molecule has 4 heteroatoms. The topological polar surface area (TPSA) is 47.6 Å². The van der Waals surface area contributed by atoms with E-state index in [0.717, 1.165) is 43.9 Å². The highest BCUT2D eigenvalue weighted by atomic mass is 16.5. The second-order valence-electron chi connectivity index (χ2n) is 5.25. The lowest BCUT2D eigenvalue weighted by molar-refractivity contribution is -0.120. The standard InChI is InChI=1S/C16H23NO3/c1-19-15-6-4-13(5-7-15)11-16(18)17-9-2-3-14-8-10-20-12-14/h4-7,14H,2-3,8-12H2,1H3,(H,17,18)/t14-/m1/s1. The van der Waals surface area contributed by atoms with Crippen molar-refractivity contribution in [3.63, 3.8) is 0 Å². The van der Waals surface area contributed by atoms with E-state index in [-0.39, 0.29) is 5.91 Å². The van der Waals surface area contributed by atoms with Gasteiger partial charge in [-0.2, -0.15) is 0 Å². The van der Waals surface area contributed by atoms with Crippen molar-refractivity contribution in [1.29, 1.82) is 0 Å². The molecule has 1 aromatic carbocycles. The van der Waals surface area contributed by atoms with Gasteiger partial charge in [0, 0.05) is 19.8 Å². The molecule has 0 radical (unpaired) electrons. The number of methoxy groups -OCH3 is 1. The fraction of sp³-hybridized carbons (Fsp3) is 0.562. The fourth-order valence-electron chi connectivity index (χ4n) is 2.42. The summed E-state index contributed by atoms with van der Waals surface area (Å²) in [5.41, 5.74) is 1.01.